The molecule has 27 heavy (non-hydrogen) atoms. The first-order chi connectivity index (χ1) is 13.1. The van der Waals surface area contributed by atoms with Crippen LogP contribution >= 0.6 is 11.6 Å². The van der Waals surface area contributed by atoms with Crippen LogP contribution < -0.4 is 16.4 Å². The molecular formula is C20H17ClN6. The number of nitrogens with two attached hydrogens (primary N) is 1. The van der Waals surface area contributed by atoms with Gasteiger partial charge < -0.3 is 16.4 Å². The monoisotopic (exact) mass is 376 g/mol. The van der Waals surface area contributed by atoms with E-state index in [-0.39, 0.29) is 0 Å². The van der Waals surface area contributed by atoms with E-state index in [4.69, 9.17) is 17.3 Å². The number of nitrogens with zero attached hydrogens (tertiary/aromatic N) is 3. The molecule has 4 rings (SSSR count). The molecule has 0 aliphatic rings. The van der Waals surface area contributed by atoms with Gasteiger partial charge in [0.1, 0.15) is 12.0 Å². The molecule has 4 aromatic rings. The van der Waals surface area contributed by atoms with E-state index in [1.807, 2.05) is 49.4 Å². The number of hydrogen-bond acceptors (Lipinski definition) is 6. The Balaban J connectivity index is 1.67. The SMILES string of the molecule is Cc1ccc2c(Nc3ncnc(Nc4cccc(Cl)c4)c3N)cccc2n1. The summed E-state index contributed by atoms with van der Waals surface area (Å²) in [4.78, 5) is 13.1. The number of fused-ring (bicyclic) bond motifs is 1. The van der Waals surface area contributed by atoms with Gasteiger partial charge in [-0.3, -0.25) is 4.98 Å². The maximum absolute atomic E-state index is 6.29. The van der Waals surface area contributed by atoms with Crippen molar-refractivity contribution in [3.05, 3.63) is 71.6 Å². The van der Waals surface area contributed by atoms with E-state index in [1.54, 1.807) is 12.1 Å². The zero-order chi connectivity index (χ0) is 18.8. The molecule has 0 amide bonds. The number of aromatic nitrogens is 3. The van der Waals surface area contributed by atoms with E-state index in [1.165, 1.54) is 6.33 Å². The fourth-order valence-electron chi connectivity index (χ4n) is 2.79. The molecule has 0 saturated carbocycles. The van der Waals surface area contributed by atoms with Crippen molar-refractivity contribution in [2.24, 2.45) is 0 Å². The average molecular weight is 377 g/mol. The minimum Gasteiger partial charge on any atom is -0.393 e. The summed E-state index contributed by atoms with van der Waals surface area (Å²) in [6.45, 7) is 1.97. The zero-order valence-electron chi connectivity index (χ0n) is 14.6. The molecule has 0 fully saturated rings. The van der Waals surface area contributed by atoms with Crippen molar-refractivity contribution >= 4 is 51.2 Å². The van der Waals surface area contributed by atoms with E-state index in [9.17, 15) is 0 Å². The quantitative estimate of drug-likeness (QED) is 0.461. The minimum absolute atomic E-state index is 0.412. The third-order valence-corrected chi connectivity index (χ3v) is 4.33. The van der Waals surface area contributed by atoms with E-state index in [0.29, 0.717) is 22.3 Å². The Kier molecular flexibility index (Phi) is 4.48. The van der Waals surface area contributed by atoms with Crippen molar-refractivity contribution in [2.75, 3.05) is 16.4 Å². The molecule has 2 aromatic carbocycles. The van der Waals surface area contributed by atoms with Crippen molar-refractivity contribution in [2.45, 2.75) is 6.92 Å². The maximum atomic E-state index is 6.29. The second kappa shape index (κ2) is 7.09. The normalized spacial score (nSPS) is 10.7. The number of anilines is 5. The largest absolute Gasteiger partial charge is 0.393 e. The molecule has 134 valence electrons. The number of aryl methyl sites for hydroxylation is 1. The Labute approximate surface area is 161 Å². The number of halogens is 1. The van der Waals surface area contributed by atoms with Gasteiger partial charge in [0, 0.05) is 27.5 Å². The number of nitrogens with one attached hydrogen (secondary N) is 2. The molecule has 0 atom stereocenters. The maximum Gasteiger partial charge on any atom is 0.159 e. The van der Waals surface area contributed by atoms with Gasteiger partial charge in [0.15, 0.2) is 11.6 Å². The first kappa shape index (κ1) is 17.1. The molecular weight excluding hydrogens is 360 g/mol. The third-order valence-electron chi connectivity index (χ3n) is 4.10. The molecule has 0 aliphatic heterocycles. The van der Waals surface area contributed by atoms with Crippen molar-refractivity contribution in [3.63, 3.8) is 0 Å². The summed E-state index contributed by atoms with van der Waals surface area (Å²) >= 11 is 6.03. The smallest absolute Gasteiger partial charge is 0.159 e. The van der Waals surface area contributed by atoms with Crippen molar-refractivity contribution < 1.29 is 0 Å². The first-order valence-corrected chi connectivity index (χ1v) is 8.74. The highest BCUT2D eigenvalue weighted by Crippen LogP contribution is 2.31. The summed E-state index contributed by atoms with van der Waals surface area (Å²) in [6, 6.07) is 17.2. The Morgan fingerprint density at radius 1 is 0.926 bits per heavy atom. The summed E-state index contributed by atoms with van der Waals surface area (Å²) in [7, 11) is 0. The number of benzene rings is 2. The van der Waals surface area contributed by atoms with Gasteiger partial charge in [-0.1, -0.05) is 23.7 Å². The lowest BCUT2D eigenvalue weighted by molar-refractivity contribution is 1.17. The molecule has 0 radical (unpaired) electrons. The number of pyridine rings is 1. The average Bonchev–Trinajstić information content (AvgIpc) is 2.65. The molecule has 0 bridgehead atoms. The van der Waals surface area contributed by atoms with Crippen LogP contribution in [0.4, 0.5) is 28.7 Å². The predicted molar refractivity (Wildman–Crippen MR) is 111 cm³/mol. The zero-order valence-corrected chi connectivity index (χ0v) is 15.3. The molecule has 0 unspecified atom stereocenters. The van der Waals surface area contributed by atoms with E-state index < -0.39 is 0 Å². The van der Waals surface area contributed by atoms with Crippen LogP contribution in [0.5, 0.6) is 0 Å². The van der Waals surface area contributed by atoms with Crippen LogP contribution in [0.3, 0.4) is 0 Å². The Bertz CT molecular complexity index is 1130. The van der Waals surface area contributed by atoms with Crippen LogP contribution in [0.25, 0.3) is 10.9 Å². The van der Waals surface area contributed by atoms with Gasteiger partial charge in [-0.05, 0) is 49.4 Å². The van der Waals surface area contributed by atoms with Gasteiger partial charge in [-0.2, -0.15) is 0 Å². The highest BCUT2D eigenvalue weighted by Gasteiger charge is 2.11. The molecule has 0 aliphatic carbocycles. The summed E-state index contributed by atoms with van der Waals surface area (Å²) in [6.07, 6.45) is 1.46. The van der Waals surface area contributed by atoms with Crippen LogP contribution in [-0.2, 0) is 0 Å². The highest BCUT2D eigenvalue weighted by atomic mass is 35.5. The molecule has 2 heterocycles. The Morgan fingerprint density at radius 3 is 2.52 bits per heavy atom. The Hall–Kier alpha value is -3.38. The van der Waals surface area contributed by atoms with Crippen molar-refractivity contribution in [3.8, 4) is 0 Å². The van der Waals surface area contributed by atoms with E-state index in [0.717, 1.165) is 28.0 Å². The summed E-state index contributed by atoms with van der Waals surface area (Å²) in [5, 5.41) is 8.08. The van der Waals surface area contributed by atoms with Gasteiger partial charge in [0.05, 0.1) is 5.52 Å². The lowest BCUT2D eigenvalue weighted by atomic mass is 10.1. The van der Waals surface area contributed by atoms with Crippen LogP contribution in [0.15, 0.2) is 60.9 Å². The molecule has 6 nitrogen and oxygen atoms in total. The van der Waals surface area contributed by atoms with Crippen LogP contribution in [0.1, 0.15) is 5.69 Å². The van der Waals surface area contributed by atoms with Crippen molar-refractivity contribution in [1.29, 1.82) is 0 Å². The number of rotatable bonds is 4. The van der Waals surface area contributed by atoms with Gasteiger partial charge in [-0.25, -0.2) is 9.97 Å². The molecule has 0 saturated heterocycles. The fourth-order valence-corrected chi connectivity index (χ4v) is 2.98. The Morgan fingerprint density at radius 2 is 1.70 bits per heavy atom. The molecule has 4 N–H and O–H groups in total. The summed E-state index contributed by atoms with van der Waals surface area (Å²) in [5.74, 6) is 1.02. The van der Waals surface area contributed by atoms with Gasteiger partial charge >= 0.3 is 0 Å². The van der Waals surface area contributed by atoms with Crippen LogP contribution in [0, 0.1) is 6.92 Å². The third kappa shape index (κ3) is 3.61. The summed E-state index contributed by atoms with van der Waals surface area (Å²) in [5.41, 5.74) is 10.2. The van der Waals surface area contributed by atoms with E-state index in [2.05, 4.69) is 25.6 Å². The van der Waals surface area contributed by atoms with Gasteiger partial charge in [-0.15, -0.1) is 0 Å². The second-order valence-corrected chi connectivity index (χ2v) is 6.51. The van der Waals surface area contributed by atoms with Gasteiger partial charge in [0.2, 0.25) is 0 Å². The van der Waals surface area contributed by atoms with Gasteiger partial charge in [0.25, 0.3) is 0 Å². The van der Waals surface area contributed by atoms with E-state index >= 15 is 0 Å². The lowest BCUT2D eigenvalue weighted by Gasteiger charge is -2.14. The fraction of sp³-hybridized carbons (Fsp3) is 0.0500. The minimum atomic E-state index is 0.412. The number of nitrogen functional groups attached to an aromatic ring is 1. The topological polar surface area (TPSA) is 88.8 Å². The first-order valence-electron chi connectivity index (χ1n) is 8.36. The standard InChI is InChI=1S/C20H17ClN6/c1-12-8-9-15-16(25-12)6-3-7-17(15)27-20-18(22)19(23-11-24-20)26-14-5-2-4-13(21)10-14/h2-11H,22H2,1H3,(H2,23,24,26,27). The summed E-state index contributed by atoms with van der Waals surface area (Å²) < 4.78 is 0. The molecule has 0 spiro atoms. The predicted octanol–water partition coefficient (Wildman–Crippen LogP) is 5.06. The molecule has 2 aromatic heterocycles. The lowest BCUT2D eigenvalue weighted by Crippen LogP contribution is -2.05. The number of hydrogen-bond donors (Lipinski definition) is 3. The van der Waals surface area contributed by atoms with Crippen molar-refractivity contribution in [1.82, 2.24) is 15.0 Å². The van der Waals surface area contributed by atoms with Crippen LogP contribution in [0.2, 0.25) is 5.02 Å². The molecule has 7 heteroatoms. The highest BCUT2D eigenvalue weighted by molar-refractivity contribution is 6.30. The van der Waals surface area contributed by atoms with Crippen LogP contribution in [-0.4, -0.2) is 15.0 Å². The second-order valence-electron chi connectivity index (χ2n) is 6.07.